The van der Waals surface area contributed by atoms with Crippen LogP contribution in [0.25, 0.3) is 0 Å². The van der Waals surface area contributed by atoms with Crippen LogP contribution in [0.3, 0.4) is 0 Å². The number of aromatic nitrogens is 2. The fourth-order valence-corrected chi connectivity index (χ4v) is 2.21. The molecule has 0 radical (unpaired) electrons. The summed E-state index contributed by atoms with van der Waals surface area (Å²) in [5.74, 6) is 7.23. The minimum Gasteiger partial charge on any atom is -0.379 e. The van der Waals surface area contributed by atoms with E-state index in [0.29, 0.717) is 5.92 Å². The molecule has 0 aromatic carbocycles. The van der Waals surface area contributed by atoms with Crippen LogP contribution in [-0.4, -0.2) is 22.8 Å². The van der Waals surface area contributed by atoms with Gasteiger partial charge in [-0.1, -0.05) is 0 Å². The summed E-state index contributed by atoms with van der Waals surface area (Å²) in [5.41, 5.74) is 2.84. The Morgan fingerprint density at radius 2 is 2.44 bits per heavy atom. The number of nitrogens with one attached hydrogen (secondary N) is 1. The molecule has 0 spiro atoms. The van der Waals surface area contributed by atoms with Crippen molar-refractivity contribution in [1.29, 1.82) is 0 Å². The maximum absolute atomic E-state index is 5.65. The normalized spacial score (nSPS) is 19.7. The van der Waals surface area contributed by atoms with E-state index < -0.39 is 0 Å². The minimum absolute atomic E-state index is 0.0209. The summed E-state index contributed by atoms with van der Waals surface area (Å²) < 4.78 is 7.65. The molecule has 2 atom stereocenters. The van der Waals surface area contributed by atoms with Gasteiger partial charge in [0.15, 0.2) is 0 Å². The number of hydrazine groups is 1. The van der Waals surface area contributed by atoms with Crippen molar-refractivity contribution in [3.63, 3.8) is 0 Å². The highest BCUT2D eigenvalue weighted by atomic mass is 16.5. The van der Waals surface area contributed by atoms with Crippen LogP contribution < -0.4 is 11.3 Å². The standard InChI is InChI=1S/C11H20N4O/c1-3-15-7-6-13-11(15)9(14-12)10(16-2)8-4-5-8/h6-10,14H,3-5,12H2,1-2H3. The van der Waals surface area contributed by atoms with Crippen LogP contribution in [0.1, 0.15) is 31.6 Å². The summed E-state index contributed by atoms with van der Waals surface area (Å²) in [4.78, 5) is 4.38. The summed E-state index contributed by atoms with van der Waals surface area (Å²) in [5, 5.41) is 0. The molecule has 90 valence electrons. The highest BCUT2D eigenvalue weighted by molar-refractivity contribution is 5.05. The van der Waals surface area contributed by atoms with Crippen molar-refractivity contribution >= 4 is 0 Å². The third-order valence-corrected chi connectivity index (χ3v) is 3.23. The van der Waals surface area contributed by atoms with Crippen molar-refractivity contribution in [2.24, 2.45) is 11.8 Å². The number of ether oxygens (including phenoxy) is 1. The molecule has 1 aliphatic rings. The van der Waals surface area contributed by atoms with Gasteiger partial charge in [-0.15, -0.1) is 0 Å². The highest BCUT2D eigenvalue weighted by Gasteiger charge is 2.38. The second-order valence-corrected chi connectivity index (χ2v) is 4.25. The SMILES string of the molecule is CCn1ccnc1C(NN)C(OC)C1CC1. The van der Waals surface area contributed by atoms with Crippen LogP contribution in [-0.2, 0) is 11.3 Å². The topological polar surface area (TPSA) is 65.1 Å². The van der Waals surface area contributed by atoms with Gasteiger partial charge in [0.25, 0.3) is 0 Å². The number of aryl methyl sites for hydroxylation is 1. The number of nitrogens with zero attached hydrogens (tertiary/aromatic N) is 2. The number of methoxy groups -OCH3 is 1. The molecule has 16 heavy (non-hydrogen) atoms. The van der Waals surface area contributed by atoms with Gasteiger partial charge in [-0.05, 0) is 25.7 Å². The monoisotopic (exact) mass is 224 g/mol. The first-order chi connectivity index (χ1) is 7.81. The van der Waals surface area contributed by atoms with E-state index in [-0.39, 0.29) is 12.1 Å². The van der Waals surface area contributed by atoms with Crippen LogP contribution in [0, 0.1) is 5.92 Å². The number of imidazole rings is 1. The van der Waals surface area contributed by atoms with Crippen molar-refractivity contribution in [2.75, 3.05) is 7.11 Å². The van der Waals surface area contributed by atoms with Crippen LogP contribution in [0.2, 0.25) is 0 Å². The Bertz CT molecular complexity index is 334. The number of hydrogen-bond donors (Lipinski definition) is 2. The van der Waals surface area contributed by atoms with E-state index in [1.807, 2.05) is 12.4 Å². The van der Waals surface area contributed by atoms with E-state index in [9.17, 15) is 0 Å². The van der Waals surface area contributed by atoms with E-state index in [0.717, 1.165) is 12.4 Å². The van der Waals surface area contributed by atoms with Gasteiger partial charge in [0.2, 0.25) is 0 Å². The van der Waals surface area contributed by atoms with Gasteiger partial charge in [-0.25, -0.2) is 10.4 Å². The average Bonchev–Trinajstić information content (AvgIpc) is 3.03. The molecular weight excluding hydrogens is 204 g/mol. The van der Waals surface area contributed by atoms with Gasteiger partial charge in [0.05, 0.1) is 6.10 Å². The molecule has 1 aliphatic carbocycles. The van der Waals surface area contributed by atoms with Crippen LogP contribution >= 0.6 is 0 Å². The predicted octanol–water partition coefficient (Wildman–Crippen LogP) is 0.832. The molecule has 1 aromatic heterocycles. The largest absolute Gasteiger partial charge is 0.379 e. The molecule has 0 saturated heterocycles. The molecule has 1 heterocycles. The van der Waals surface area contributed by atoms with Crippen LogP contribution in [0.4, 0.5) is 0 Å². The second-order valence-electron chi connectivity index (χ2n) is 4.25. The first kappa shape index (κ1) is 11.6. The van der Waals surface area contributed by atoms with Crippen LogP contribution in [0.15, 0.2) is 12.4 Å². The number of nitrogens with two attached hydrogens (primary N) is 1. The third-order valence-electron chi connectivity index (χ3n) is 3.23. The summed E-state index contributed by atoms with van der Waals surface area (Å²) >= 11 is 0. The lowest BCUT2D eigenvalue weighted by molar-refractivity contribution is 0.0470. The fraction of sp³-hybridized carbons (Fsp3) is 0.727. The second kappa shape index (κ2) is 4.95. The summed E-state index contributed by atoms with van der Waals surface area (Å²) in [6, 6.07) is -0.0209. The Morgan fingerprint density at radius 1 is 1.69 bits per heavy atom. The molecule has 0 amide bonds. The van der Waals surface area contributed by atoms with E-state index in [4.69, 9.17) is 10.6 Å². The van der Waals surface area contributed by atoms with E-state index in [1.54, 1.807) is 7.11 Å². The Morgan fingerprint density at radius 3 is 2.94 bits per heavy atom. The molecule has 5 nitrogen and oxygen atoms in total. The smallest absolute Gasteiger partial charge is 0.129 e. The summed E-state index contributed by atoms with van der Waals surface area (Å²) in [7, 11) is 1.74. The Kier molecular flexibility index (Phi) is 3.58. The third kappa shape index (κ3) is 2.11. The first-order valence-electron chi connectivity index (χ1n) is 5.81. The van der Waals surface area contributed by atoms with E-state index in [2.05, 4.69) is 21.9 Å². The lowest BCUT2D eigenvalue weighted by atomic mass is 10.1. The van der Waals surface area contributed by atoms with Gasteiger partial charge in [0.1, 0.15) is 11.9 Å². The molecule has 0 bridgehead atoms. The van der Waals surface area contributed by atoms with Crippen molar-refractivity contribution in [3.05, 3.63) is 18.2 Å². The highest BCUT2D eigenvalue weighted by Crippen LogP contribution is 2.39. The molecule has 0 aliphatic heterocycles. The lowest BCUT2D eigenvalue weighted by Crippen LogP contribution is -2.40. The molecule has 2 rings (SSSR count). The molecule has 2 unspecified atom stereocenters. The lowest BCUT2D eigenvalue weighted by Gasteiger charge is -2.25. The van der Waals surface area contributed by atoms with Gasteiger partial charge in [-0.2, -0.15) is 0 Å². The summed E-state index contributed by atoms with van der Waals surface area (Å²) in [6.45, 7) is 2.99. The average molecular weight is 224 g/mol. The molecule has 5 heteroatoms. The Balaban J connectivity index is 2.20. The maximum atomic E-state index is 5.65. The molecular formula is C11H20N4O. The van der Waals surface area contributed by atoms with Crippen LogP contribution in [0.5, 0.6) is 0 Å². The molecule has 3 N–H and O–H groups in total. The van der Waals surface area contributed by atoms with Crippen molar-refractivity contribution in [1.82, 2.24) is 15.0 Å². The number of hydrogen-bond acceptors (Lipinski definition) is 4. The quantitative estimate of drug-likeness (QED) is 0.555. The maximum Gasteiger partial charge on any atom is 0.129 e. The zero-order valence-corrected chi connectivity index (χ0v) is 9.89. The van der Waals surface area contributed by atoms with Gasteiger partial charge in [-0.3, -0.25) is 5.84 Å². The Hall–Kier alpha value is -0.910. The molecule has 1 fully saturated rings. The van der Waals surface area contributed by atoms with E-state index in [1.165, 1.54) is 12.8 Å². The first-order valence-corrected chi connectivity index (χ1v) is 5.81. The predicted molar refractivity (Wildman–Crippen MR) is 61.5 cm³/mol. The minimum atomic E-state index is -0.0209. The molecule has 1 saturated carbocycles. The summed E-state index contributed by atoms with van der Waals surface area (Å²) in [6.07, 6.45) is 6.35. The van der Waals surface area contributed by atoms with Crippen molar-refractivity contribution in [2.45, 2.75) is 38.5 Å². The van der Waals surface area contributed by atoms with Gasteiger partial charge >= 0.3 is 0 Å². The van der Waals surface area contributed by atoms with Gasteiger partial charge < -0.3 is 9.30 Å². The van der Waals surface area contributed by atoms with Gasteiger partial charge in [0, 0.05) is 26.0 Å². The fourth-order valence-electron chi connectivity index (χ4n) is 2.21. The van der Waals surface area contributed by atoms with Crippen molar-refractivity contribution in [3.8, 4) is 0 Å². The zero-order chi connectivity index (χ0) is 11.5. The Labute approximate surface area is 96.0 Å². The molecule has 1 aromatic rings. The van der Waals surface area contributed by atoms with Crippen molar-refractivity contribution < 1.29 is 4.74 Å². The number of rotatable bonds is 6. The zero-order valence-electron chi connectivity index (χ0n) is 9.89. The van der Waals surface area contributed by atoms with E-state index >= 15 is 0 Å².